The number of urea groups is 1. The van der Waals surface area contributed by atoms with Gasteiger partial charge in [-0.1, -0.05) is 12.1 Å². The molecule has 0 bridgehead atoms. The lowest BCUT2D eigenvalue weighted by molar-refractivity contribution is -0.274. The van der Waals surface area contributed by atoms with Crippen molar-refractivity contribution >= 4 is 11.8 Å². The van der Waals surface area contributed by atoms with E-state index >= 15 is 0 Å². The zero-order valence-corrected chi connectivity index (χ0v) is 20.7. The first-order valence-electron chi connectivity index (χ1n) is 11.9. The summed E-state index contributed by atoms with van der Waals surface area (Å²) in [6.07, 6.45) is -3.10. The van der Waals surface area contributed by atoms with Gasteiger partial charge >= 0.3 is 12.4 Å². The van der Waals surface area contributed by atoms with Crippen molar-refractivity contribution in [3.63, 3.8) is 0 Å². The first-order valence-corrected chi connectivity index (χ1v) is 11.9. The number of amides is 2. The summed E-state index contributed by atoms with van der Waals surface area (Å²) in [6.45, 7) is 5.01. The molecule has 2 aliphatic rings. The Bertz CT molecular complexity index is 1380. The lowest BCUT2D eigenvalue weighted by atomic mass is 9.94. The molecule has 1 atom stereocenters. The van der Waals surface area contributed by atoms with Gasteiger partial charge in [0.05, 0.1) is 36.6 Å². The van der Waals surface area contributed by atoms with Crippen molar-refractivity contribution < 1.29 is 31.8 Å². The highest BCUT2D eigenvalue weighted by Crippen LogP contribution is 2.40. The molecule has 0 unspecified atom stereocenters. The predicted octanol–water partition coefficient (Wildman–Crippen LogP) is 4.14. The van der Waals surface area contributed by atoms with E-state index in [1.165, 1.54) is 18.3 Å². The Morgan fingerprint density at radius 3 is 2.74 bits per heavy atom. The highest BCUT2D eigenvalue weighted by Gasteiger charge is 2.47. The zero-order valence-electron chi connectivity index (χ0n) is 20.7. The van der Waals surface area contributed by atoms with Gasteiger partial charge in [-0.05, 0) is 43.7 Å². The molecule has 4 heterocycles. The van der Waals surface area contributed by atoms with E-state index < -0.39 is 34.9 Å². The van der Waals surface area contributed by atoms with Crippen LogP contribution in [0.2, 0.25) is 0 Å². The van der Waals surface area contributed by atoms with Crippen LogP contribution in [0.25, 0.3) is 11.3 Å². The van der Waals surface area contributed by atoms with Gasteiger partial charge in [-0.15, -0.1) is 13.2 Å². The van der Waals surface area contributed by atoms with E-state index in [1.54, 1.807) is 41.6 Å². The van der Waals surface area contributed by atoms with Crippen molar-refractivity contribution in [2.24, 2.45) is 0 Å². The summed E-state index contributed by atoms with van der Waals surface area (Å²) in [7, 11) is 0. The Kier molecular flexibility index (Phi) is 6.21. The third-order valence-corrected chi connectivity index (χ3v) is 6.82. The molecule has 1 saturated heterocycles. The van der Waals surface area contributed by atoms with Crippen molar-refractivity contribution in [2.45, 2.75) is 44.3 Å². The number of hydrogen-bond donors (Lipinski definition) is 2. The molecule has 3 aromatic rings. The van der Waals surface area contributed by atoms with Crippen LogP contribution in [0.3, 0.4) is 0 Å². The Labute approximate surface area is 215 Å². The minimum atomic E-state index is -4.92. The number of carbonyl (C=O) groups excluding carboxylic acids is 1. The van der Waals surface area contributed by atoms with E-state index in [4.69, 9.17) is 10.5 Å². The summed E-state index contributed by atoms with van der Waals surface area (Å²) in [5.41, 5.74) is 5.89. The van der Waals surface area contributed by atoms with Crippen LogP contribution in [0.5, 0.6) is 5.75 Å². The number of nitrogens with zero attached hydrogens (tertiary/aromatic N) is 4. The maximum absolute atomic E-state index is 13.7. The lowest BCUT2D eigenvalue weighted by Crippen LogP contribution is -2.49. The number of fused-ring (bicyclic) bond motifs is 2. The molecule has 0 radical (unpaired) electrons. The van der Waals surface area contributed by atoms with Gasteiger partial charge in [0.1, 0.15) is 11.4 Å². The minimum Gasteiger partial charge on any atom is -0.402 e. The van der Waals surface area contributed by atoms with Gasteiger partial charge in [0.2, 0.25) is 0 Å². The van der Waals surface area contributed by atoms with E-state index in [0.29, 0.717) is 48.6 Å². The Morgan fingerprint density at radius 2 is 2.00 bits per heavy atom. The molecular weight excluding hydrogens is 508 g/mol. The van der Waals surface area contributed by atoms with Crippen LogP contribution in [-0.2, 0) is 22.4 Å². The van der Waals surface area contributed by atoms with Gasteiger partial charge in [-0.2, -0.15) is 5.10 Å². The second kappa shape index (κ2) is 9.15. The quantitative estimate of drug-likeness (QED) is 0.488. The standard InChI is InChI=1S/C25H26F4N6O3/c1-23(2,16-4-3-5-17(26)11-16)32-22(36)34-7-6-24(14-34)20-12-18(33-35(20)8-9-37-24)15-10-19(21(30)31-13-15)38-25(27,28)29/h3-5,10-13H,6-9,14H2,1-2H3,(H2,30,31)(H,32,36)/t24-/m1/s1. The van der Waals surface area contributed by atoms with Gasteiger partial charge in [0, 0.05) is 24.7 Å². The first-order chi connectivity index (χ1) is 17.9. The molecule has 0 saturated carbocycles. The van der Waals surface area contributed by atoms with Crippen molar-refractivity contribution in [3.8, 4) is 17.0 Å². The first kappa shape index (κ1) is 25.8. The summed E-state index contributed by atoms with van der Waals surface area (Å²) in [5, 5.41) is 7.51. The maximum Gasteiger partial charge on any atom is 0.573 e. The van der Waals surface area contributed by atoms with Crippen LogP contribution in [0.15, 0.2) is 42.6 Å². The van der Waals surface area contributed by atoms with Crippen molar-refractivity contribution in [1.29, 1.82) is 0 Å². The van der Waals surface area contributed by atoms with Crippen LogP contribution in [-0.4, -0.2) is 51.8 Å². The van der Waals surface area contributed by atoms with E-state index in [0.717, 1.165) is 6.07 Å². The number of aromatic nitrogens is 3. The van der Waals surface area contributed by atoms with Crippen LogP contribution in [0.4, 0.5) is 28.2 Å². The fraction of sp³-hybridized carbons (Fsp3) is 0.400. The maximum atomic E-state index is 13.7. The van der Waals surface area contributed by atoms with E-state index in [-0.39, 0.29) is 12.6 Å². The van der Waals surface area contributed by atoms with Crippen molar-refractivity contribution in [1.82, 2.24) is 25.0 Å². The second-order valence-electron chi connectivity index (χ2n) is 9.87. The number of halogens is 4. The average Bonchev–Trinajstić information content (AvgIpc) is 3.46. The number of benzene rings is 1. The Morgan fingerprint density at radius 1 is 1.21 bits per heavy atom. The SMILES string of the molecule is CC(C)(NC(=O)N1CC[C@]2(C1)OCCn1nc(-c3cnc(N)c(OC(F)(F)F)c3)cc12)c1cccc(F)c1. The highest BCUT2D eigenvalue weighted by atomic mass is 19.4. The monoisotopic (exact) mass is 534 g/mol. The van der Waals surface area contributed by atoms with E-state index in [1.807, 2.05) is 0 Å². The number of carbonyl (C=O) groups is 1. The molecule has 202 valence electrons. The summed E-state index contributed by atoms with van der Waals surface area (Å²) >= 11 is 0. The Balaban J connectivity index is 1.36. The minimum absolute atomic E-state index is 0.242. The zero-order chi connectivity index (χ0) is 27.3. The number of nitrogen functional groups attached to an aromatic ring is 1. The molecule has 1 fully saturated rings. The van der Waals surface area contributed by atoms with Crippen LogP contribution < -0.4 is 15.8 Å². The second-order valence-corrected chi connectivity index (χ2v) is 9.87. The molecule has 1 spiro atoms. The molecule has 2 aromatic heterocycles. The van der Waals surface area contributed by atoms with Gasteiger partial charge in [0.15, 0.2) is 11.6 Å². The molecule has 1 aromatic carbocycles. The molecule has 0 aliphatic carbocycles. The Hall–Kier alpha value is -3.87. The largest absolute Gasteiger partial charge is 0.573 e. The number of anilines is 1. The number of likely N-dealkylation sites (tertiary alicyclic amines) is 1. The topological polar surface area (TPSA) is 108 Å². The third-order valence-electron chi connectivity index (χ3n) is 6.82. The van der Waals surface area contributed by atoms with E-state index in [2.05, 4.69) is 20.1 Å². The fourth-order valence-corrected chi connectivity index (χ4v) is 4.88. The number of alkyl halides is 3. The van der Waals surface area contributed by atoms with Crippen LogP contribution in [0.1, 0.15) is 31.5 Å². The number of rotatable bonds is 4. The molecule has 9 nitrogen and oxygen atoms in total. The third kappa shape index (κ3) is 4.97. The smallest absolute Gasteiger partial charge is 0.402 e. The van der Waals surface area contributed by atoms with Gasteiger partial charge < -0.3 is 25.4 Å². The predicted molar refractivity (Wildman–Crippen MR) is 128 cm³/mol. The van der Waals surface area contributed by atoms with Crippen LogP contribution >= 0.6 is 0 Å². The summed E-state index contributed by atoms with van der Waals surface area (Å²) < 4.78 is 63.9. The molecule has 2 amide bonds. The molecule has 38 heavy (non-hydrogen) atoms. The van der Waals surface area contributed by atoms with Gasteiger partial charge in [-0.25, -0.2) is 14.2 Å². The molecule has 2 aliphatic heterocycles. The molecule has 3 N–H and O–H groups in total. The summed E-state index contributed by atoms with van der Waals surface area (Å²) in [6, 6.07) is 8.60. The van der Waals surface area contributed by atoms with E-state index in [9.17, 15) is 22.4 Å². The number of nitrogens with one attached hydrogen (secondary N) is 1. The molecule has 5 rings (SSSR count). The normalized spacial score (nSPS) is 19.5. The lowest BCUT2D eigenvalue weighted by Gasteiger charge is -2.35. The number of pyridine rings is 1. The highest BCUT2D eigenvalue weighted by molar-refractivity contribution is 5.76. The summed E-state index contributed by atoms with van der Waals surface area (Å²) in [4.78, 5) is 18.6. The van der Waals surface area contributed by atoms with Gasteiger partial charge in [-0.3, -0.25) is 4.68 Å². The fourth-order valence-electron chi connectivity index (χ4n) is 4.88. The van der Waals surface area contributed by atoms with Gasteiger partial charge in [0.25, 0.3) is 0 Å². The number of ether oxygens (including phenoxy) is 2. The average molecular weight is 535 g/mol. The number of hydrogen-bond acceptors (Lipinski definition) is 6. The van der Waals surface area contributed by atoms with Crippen LogP contribution in [0, 0.1) is 5.82 Å². The van der Waals surface area contributed by atoms with Crippen molar-refractivity contribution in [2.75, 3.05) is 25.4 Å². The molecular formula is C25H26F4N6O3. The van der Waals surface area contributed by atoms with Crippen molar-refractivity contribution in [3.05, 3.63) is 59.7 Å². The number of nitrogens with two attached hydrogens (primary N) is 1. The summed E-state index contributed by atoms with van der Waals surface area (Å²) in [5.74, 6) is -1.40. The molecule has 13 heteroatoms.